The summed E-state index contributed by atoms with van der Waals surface area (Å²) < 4.78 is 7.22. The number of tetrazole rings is 1. The number of ether oxygens (including phenoxy) is 1. The van der Waals surface area contributed by atoms with Crippen molar-refractivity contribution in [3.05, 3.63) is 35.7 Å². The molecule has 0 spiro atoms. The summed E-state index contributed by atoms with van der Waals surface area (Å²) in [6.45, 7) is 2.86. The molecule has 1 aromatic carbocycles. The van der Waals surface area contributed by atoms with Crippen molar-refractivity contribution in [2.45, 2.75) is 45.2 Å². The second-order valence-electron chi connectivity index (χ2n) is 5.62. The summed E-state index contributed by atoms with van der Waals surface area (Å²) in [4.78, 5) is 12.2. The number of nitrogens with zero attached hydrogens (tertiary/aromatic N) is 4. The van der Waals surface area contributed by atoms with Gasteiger partial charge in [-0.2, -0.15) is 0 Å². The Kier molecular flexibility index (Phi) is 4.85. The van der Waals surface area contributed by atoms with E-state index in [1.54, 1.807) is 24.3 Å². The zero-order chi connectivity index (χ0) is 16.1. The zero-order valence-electron chi connectivity index (χ0n) is 13.2. The molecule has 0 atom stereocenters. The van der Waals surface area contributed by atoms with Gasteiger partial charge in [0.2, 0.25) is 0 Å². The van der Waals surface area contributed by atoms with Crippen LogP contribution in [0.3, 0.4) is 0 Å². The second-order valence-corrected chi connectivity index (χ2v) is 5.62. The quantitative estimate of drug-likeness (QED) is 0.883. The van der Waals surface area contributed by atoms with E-state index in [4.69, 9.17) is 4.74 Å². The van der Waals surface area contributed by atoms with Crippen LogP contribution in [0.25, 0.3) is 0 Å². The van der Waals surface area contributed by atoms with E-state index >= 15 is 0 Å². The van der Waals surface area contributed by atoms with Crippen LogP contribution >= 0.6 is 0 Å². The van der Waals surface area contributed by atoms with Gasteiger partial charge in [-0.15, -0.1) is 5.10 Å². The molecule has 1 aliphatic carbocycles. The molecule has 0 unspecified atom stereocenters. The lowest BCUT2D eigenvalue weighted by atomic mass is 10.2. The summed E-state index contributed by atoms with van der Waals surface area (Å²) in [5.41, 5.74) is 0.591. The molecule has 0 radical (unpaired) electrons. The molecule has 1 N–H and O–H groups in total. The first-order valence-electron chi connectivity index (χ1n) is 8.05. The number of nitrogens with one attached hydrogen (secondary N) is 1. The van der Waals surface area contributed by atoms with Crippen LogP contribution in [-0.4, -0.2) is 32.7 Å². The van der Waals surface area contributed by atoms with Crippen molar-refractivity contribution < 1.29 is 9.53 Å². The van der Waals surface area contributed by atoms with E-state index in [1.807, 2.05) is 11.6 Å². The molecule has 0 saturated heterocycles. The molecule has 1 aliphatic rings. The second kappa shape index (κ2) is 7.21. The van der Waals surface area contributed by atoms with Gasteiger partial charge >= 0.3 is 0 Å². The largest absolute Gasteiger partial charge is 0.494 e. The topological polar surface area (TPSA) is 81.9 Å². The van der Waals surface area contributed by atoms with E-state index < -0.39 is 0 Å². The lowest BCUT2D eigenvalue weighted by Gasteiger charge is -2.12. The van der Waals surface area contributed by atoms with E-state index in [-0.39, 0.29) is 5.91 Å². The molecule has 23 heavy (non-hydrogen) atoms. The van der Waals surface area contributed by atoms with Gasteiger partial charge < -0.3 is 10.1 Å². The van der Waals surface area contributed by atoms with Crippen molar-refractivity contribution in [3.8, 4) is 5.75 Å². The van der Waals surface area contributed by atoms with E-state index in [1.165, 1.54) is 12.8 Å². The van der Waals surface area contributed by atoms with Crippen LogP contribution in [-0.2, 0) is 6.54 Å². The van der Waals surface area contributed by atoms with Crippen LogP contribution in [0.4, 0.5) is 0 Å². The fraction of sp³-hybridized carbons (Fsp3) is 0.500. The highest BCUT2D eigenvalue weighted by Crippen LogP contribution is 2.29. The SMILES string of the molecule is CCOc1ccc(C(=O)NCc2nnnn2C2CCCC2)cc1. The molecule has 0 bridgehead atoms. The molecule has 3 rings (SSSR count). The highest BCUT2D eigenvalue weighted by atomic mass is 16.5. The minimum atomic E-state index is -0.144. The van der Waals surface area contributed by atoms with Crippen molar-refractivity contribution in [2.24, 2.45) is 0 Å². The summed E-state index contributed by atoms with van der Waals surface area (Å²) in [5.74, 6) is 1.32. The third-order valence-corrected chi connectivity index (χ3v) is 4.07. The highest BCUT2D eigenvalue weighted by molar-refractivity contribution is 5.94. The van der Waals surface area contributed by atoms with Crippen LogP contribution < -0.4 is 10.1 Å². The van der Waals surface area contributed by atoms with Crippen molar-refractivity contribution in [2.75, 3.05) is 6.61 Å². The fourth-order valence-corrected chi connectivity index (χ4v) is 2.89. The van der Waals surface area contributed by atoms with Crippen molar-refractivity contribution in [1.29, 1.82) is 0 Å². The predicted molar refractivity (Wildman–Crippen MR) is 84.1 cm³/mol. The Morgan fingerprint density at radius 2 is 2.04 bits per heavy atom. The number of hydrogen-bond acceptors (Lipinski definition) is 5. The summed E-state index contributed by atoms with van der Waals surface area (Å²) in [6.07, 6.45) is 4.63. The number of aromatic nitrogens is 4. The Labute approximate surface area is 135 Å². The third kappa shape index (κ3) is 3.67. The van der Waals surface area contributed by atoms with Gasteiger partial charge in [-0.05, 0) is 54.5 Å². The maximum atomic E-state index is 12.2. The zero-order valence-corrected chi connectivity index (χ0v) is 13.2. The van der Waals surface area contributed by atoms with E-state index in [9.17, 15) is 4.79 Å². The molecule has 1 heterocycles. The van der Waals surface area contributed by atoms with Gasteiger partial charge in [-0.1, -0.05) is 12.8 Å². The summed E-state index contributed by atoms with van der Waals surface area (Å²) in [7, 11) is 0. The number of amides is 1. The van der Waals surface area contributed by atoms with Crippen molar-refractivity contribution >= 4 is 5.91 Å². The smallest absolute Gasteiger partial charge is 0.251 e. The normalized spacial score (nSPS) is 14.8. The van der Waals surface area contributed by atoms with Crippen molar-refractivity contribution in [1.82, 2.24) is 25.5 Å². The predicted octanol–water partition coefficient (Wildman–Crippen LogP) is 2.12. The first-order valence-corrected chi connectivity index (χ1v) is 8.05. The first kappa shape index (κ1) is 15.5. The number of benzene rings is 1. The molecule has 1 amide bonds. The Hall–Kier alpha value is -2.44. The minimum Gasteiger partial charge on any atom is -0.494 e. The monoisotopic (exact) mass is 315 g/mol. The maximum Gasteiger partial charge on any atom is 0.251 e. The summed E-state index contributed by atoms with van der Waals surface area (Å²) >= 11 is 0. The Morgan fingerprint density at radius 1 is 1.30 bits per heavy atom. The van der Waals surface area contributed by atoms with Crippen LogP contribution in [0.2, 0.25) is 0 Å². The highest BCUT2D eigenvalue weighted by Gasteiger charge is 2.21. The average Bonchev–Trinajstić information content (AvgIpc) is 3.24. The third-order valence-electron chi connectivity index (χ3n) is 4.07. The molecule has 1 saturated carbocycles. The molecular weight excluding hydrogens is 294 g/mol. The van der Waals surface area contributed by atoms with Crippen LogP contribution in [0.5, 0.6) is 5.75 Å². The summed E-state index contributed by atoms with van der Waals surface area (Å²) in [5, 5.41) is 14.7. The maximum absolute atomic E-state index is 12.2. The lowest BCUT2D eigenvalue weighted by molar-refractivity contribution is 0.0949. The molecule has 1 fully saturated rings. The molecule has 0 aliphatic heterocycles. The fourth-order valence-electron chi connectivity index (χ4n) is 2.89. The first-order chi connectivity index (χ1) is 11.3. The Balaban J connectivity index is 1.59. The lowest BCUT2D eigenvalue weighted by Crippen LogP contribution is -2.25. The molecule has 7 heteroatoms. The minimum absolute atomic E-state index is 0.144. The van der Waals surface area contributed by atoms with Gasteiger partial charge in [0.05, 0.1) is 19.2 Å². The van der Waals surface area contributed by atoms with Gasteiger partial charge in [0.15, 0.2) is 5.82 Å². The van der Waals surface area contributed by atoms with E-state index in [0.717, 1.165) is 18.6 Å². The Morgan fingerprint density at radius 3 is 2.74 bits per heavy atom. The van der Waals surface area contributed by atoms with Gasteiger partial charge in [0, 0.05) is 5.56 Å². The number of rotatable bonds is 6. The van der Waals surface area contributed by atoms with Crippen molar-refractivity contribution in [3.63, 3.8) is 0 Å². The van der Waals surface area contributed by atoms with Crippen LogP contribution in [0.15, 0.2) is 24.3 Å². The van der Waals surface area contributed by atoms with Gasteiger partial charge in [0.25, 0.3) is 5.91 Å². The molecular formula is C16H21N5O2. The molecule has 7 nitrogen and oxygen atoms in total. The molecule has 1 aromatic heterocycles. The summed E-state index contributed by atoms with van der Waals surface area (Å²) in [6, 6.07) is 7.45. The Bertz CT molecular complexity index is 647. The van der Waals surface area contributed by atoms with E-state index in [2.05, 4.69) is 20.8 Å². The molecule has 122 valence electrons. The van der Waals surface area contributed by atoms with Gasteiger partial charge in [-0.3, -0.25) is 4.79 Å². The standard InChI is InChI=1S/C16H21N5O2/c1-2-23-14-9-7-12(8-10-14)16(22)17-11-15-18-19-20-21(15)13-5-3-4-6-13/h7-10,13H,2-6,11H2,1H3,(H,17,22). The number of carbonyl (C=O) groups is 1. The molecule has 2 aromatic rings. The number of carbonyl (C=O) groups excluding carboxylic acids is 1. The van der Waals surface area contributed by atoms with Gasteiger partial charge in [-0.25, -0.2) is 4.68 Å². The van der Waals surface area contributed by atoms with Crippen LogP contribution in [0.1, 0.15) is 54.8 Å². The average molecular weight is 315 g/mol. The number of hydrogen-bond donors (Lipinski definition) is 1. The van der Waals surface area contributed by atoms with E-state index in [0.29, 0.717) is 30.6 Å². The van der Waals surface area contributed by atoms with Gasteiger partial charge in [0.1, 0.15) is 5.75 Å². The van der Waals surface area contributed by atoms with Crippen LogP contribution in [0, 0.1) is 0 Å².